The molecule has 0 bridgehead atoms. The lowest BCUT2D eigenvalue weighted by Crippen LogP contribution is -2.52. The molecular formula is C17H26ClN3O. The number of carbonyl (C=O) groups excluding carboxylic acids is 1. The summed E-state index contributed by atoms with van der Waals surface area (Å²) in [6.45, 7) is 6.34. The molecule has 122 valence electrons. The van der Waals surface area contributed by atoms with E-state index in [1.807, 2.05) is 16.5 Å². The third kappa shape index (κ3) is 2.91. The number of halogens is 1. The van der Waals surface area contributed by atoms with Crippen molar-refractivity contribution in [1.29, 1.82) is 0 Å². The zero-order valence-electron chi connectivity index (χ0n) is 13.8. The van der Waals surface area contributed by atoms with Crippen molar-refractivity contribution in [3.05, 3.63) is 23.0 Å². The lowest BCUT2D eigenvalue weighted by Gasteiger charge is -2.41. The van der Waals surface area contributed by atoms with Crippen LogP contribution in [0.25, 0.3) is 0 Å². The second-order valence-electron chi connectivity index (χ2n) is 6.92. The van der Waals surface area contributed by atoms with E-state index in [0.29, 0.717) is 28.8 Å². The number of likely N-dealkylation sites (tertiary alicyclic amines) is 2. The van der Waals surface area contributed by atoms with Crippen LogP contribution >= 0.6 is 11.6 Å². The van der Waals surface area contributed by atoms with Crippen molar-refractivity contribution in [2.75, 3.05) is 13.1 Å². The number of rotatable bonds is 2. The molecule has 0 N–H and O–H groups in total. The normalized spacial score (nSPS) is 30.0. The van der Waals surface area contributed by atoms with Gasteiger partial charge in [0.15, 0.2) is 0 Å². The number of hydrogen-bond acceptors (Lipinski definition) is 2. The van der Waals surface area contributed by atoms with Crippen molar-refractivity contribution < 1.29 is 4.79 Å². The Morgan fingerprint density at radius 2 is 1.91 bits per heavy atom. The minimum atomic E-state index is 0.110. The molecule has 2 saturated heterocycles. The van der Waals surface area contributed by atoms with Gasteiger partial charge in [-0.05, 0) is 45.6 Å². The summed E-state index contributed by atoms with van der Waals surface area (Å²) in [6, 6.07) is 3.55. The van der Waals surface area contributed by atoms with E-state index in [9.17, 15) is 4.79 Å². The largest absolute Gasteiger partial charge is 0.345 e. The van der Waals surface area contributed by atoms with Crippen molar-refractivity contribution in [2.45, 2.75) is 57.7 Å². The Morgan fingerprint density at radius 1 is 1.23 bits per heavy atom. The standard InChI is InChI=1S/C17H26ClN3O/c1-12-6-7-13(2)21(12)15-5-4-8-20(11-15)17(22)16-9-14(18)10-19(16)3/h9-10,12-13,15H,4-8,11H2,1-3H3/t12-,13-,15-/m1/s1. The second-order valence-corrected chi connectivity index (χ2v) is 7.36. The van der Waals surface area contributed by atoms with Gasteiger partial charge in [-0.1, -0.05) is 11.6 Å². The summed E-state index contributed by atoms with van der Waals surface area (Å²) in [7, 11) is 1.88. The van der Waals surface area contributed by atoms with Crippen LogP contribution in [0.3, 0.4) is 0 Å². The van der Waals surface area contributed by atoms with Gasteiger partial charge >= 0.3 is 0 Å². The molecule has 3 atom stereocenters. The van der Waals surface area contributed by atoms with E-state index in [-0.39, 0.29) is 5.91 Å². The molecule has 1 aromatic heterocycles. The molecule has 0 saturated carbocycles. The topological polar surface area (TPSA) is 28.5 Å². The first-order chi connectivity index (χ1) is 10.5. The van der Waals surface area contributed by atoms with E-state index >= 15 is 0 Å². The van der Waals surface area contributed by atoms with Gasteiger partial charge in [0.05, 0.1) is 5.02 Å². The average Bonchev–Trinajstić information content (AvgIpc) is 3.00. The molecule has 0 aliphatic carbocycles. The fourth-order valence-electron chi connectivity index (χ4n) is 4.22. The highest BCUT2D eigenvalue weighted by Crippen LogP contribution is 2.30. The summed E-state index contributed by atoms with van der Waals surface area (Å²) in [5.74, 6) is 0.110. The van der Waals surface area contributed by atoms with Gasteiger partial charge in [-0.2, -0.15) is 0 Å². The Labute approximate surface area is 138 Å². The number of nitrogens with zero attached hydrogens (tertiary/aromatic N) is 3. The van der Waals surface area contributed by atoms with Gasteiger partial charge < -0.3 is 9.47 Å². The van der Waals surface area contributed by atoms with Crippen LogP contribution in [0.5, 0.6) is 0 Å². The molecule has 1 aromatic rings. The van der Waals surface area contributed by atoms with E-state index in [1.54, 1.807) is 12.3 Å². The Morgan fingerprint density at radius 3 is 2.50 bits per heavy atom. The fourth-order valence-corrected chi connectivity index (χ4v) is 4.47. The summed E-state index contributed by atoms with van der Waals surface area (Å²) < 4.78 is 1.83. The summed E-state index contributed by atoms with van der Waals surface area (Å²) in [5, 5.41) is 0.626. The second kappa shape index (κ2) is 6.25. The highest BCUT2D eigenvalue weighted by molar-refractivity contribution is 6.31. The van der Waals surface area contributed by atoms with Gasteiger partial charge in [0.2, 0.25) is 0 Å². The quantitative estimate of drug-likeness (QED) is 0.836. The average molecular weight is 324 g/mol. The molecule has 2 fully saturated rings. The van der Waals surface area contributed by atoms with E-state index in [1.165, 1.54) is 19.3 Å². The molecule has 3 rings (SSSR count). The van der Waals surface area contributed by atoms with E-state index < -0.39 is 0 Å². The summed E-state index contributed by atoms with van der Waals surface area (Å²) in [5.41, 5.74) is 0.688. The zero-order valence-corrected chi connectivity index (χ0v) is 14.5. The minimum Gasteiger partial charge on any atom is -0.345 e. The molecule has 3 heterocycles. The first kappa shape index (κ1) is 15.9. The molecule has 4 nitrogen and oxygen atoms in total. The van der Waals surface area contributed by atoms with Crippen LogP contribution in [-0.2, 0) is 7.05 Å². The van der Waals surface area contributed by atoms with Gasteiger partial charge in [0.25, 0.3) is 5.91 Å². The first-order valence-corrected chi connectivity index (χ1v) is 8.73. The Balaban J connectivity index is 1.73. The number of aromatic nitrogens is 1. The number of piperidine rings is 1. The van der Waals surface area contributed by atoms with Crippen molar-refractivity contribution in [3.8, 4) is 0 Å². The van der Waals surface area contributed by atoms with Crippen molar-refractivity contribution in [2.24, 2.45) is 7.05 Å². The Hall–Kier alpha value is -1.00. The maximum absolute atomic E-state index is 12.8. The highest BCUT2D eigenvalue weighted by atomic mass is 35.5. The van der Waals surface area contributed by atoms with Gasteiger partial charge in [0, 0.05) is 44.5 Å². The van der Waals surface area contributed by atoms with Crippen molar-refractivity contribution >= 4 is 17.5 Å². The third-order valence-corrected chi connectivity index (χ3v) is 5.52. The molecule has 2 aliphatic heterocycles. The molecule has 0 aromatic carbocycles. The highest BCUT2D eigenvalue weighted by Gasteiger charge is 2.36. The maximum Gasteiger partial charge on any atom is 0.270 e. The van der Waals surface area contributed by atoms with Gasteiger partial charge in [-0.3, -0.25) is 9.69 Å². The Bertz CT molecular complexity index is 546. The monoisotopic (exact) mass is 323 g/mol. The summed E-state index contributed by atoms with van der Waals surface area (Å²) >= 11 is 6.02. The van der Waals surface area contributed by atoms with Crippen LogP contribution in [0.15, 0.2) is 12.3 Å². The third-order valence-electron chi connectivity index (χ3n) is 5.32. The number of hydrogen-bond donors (Lipinski definition) is 0. The number of carbonyl (C=O) groups is 1. The zero-order chi connectivity index (χ0) is 15.9. The Kier molecular flexibility index (Phi) is 4.51. The van der Waals surface area contributed by atoms with Crippen molar-refractivity contribution in [3.63, 3.8) is 0 Å². The molecule has 2 aliphatic rings. The van der Waals surface area contributed by atoms with Gasteiger partial charge in [-0.15, -0.1) is 0 Å². The fraction of sp³-hybridized carbons (Fsp3) is 0.706. The molecule has 22 heavy (non-hydrogen) atoms. The maximum atomic E-state index is 12.8. The van der Waals surface area contributed by atoms with Crippen LogP contribution < -0.4 is 0 Å². The smallest absolute Gasteiger partial charge is 0.270 e. The van der Waals surface area contributed by atoms with Crippen LogP contribution in [0.1, 0.15) is 50.0 Å². The van der Waals surface area contributed by atoms with Gasteiger partial charge in [-0.25, -0.2) is 0 Å². The van der Waals surface area contributed by atoms with Crippen LogP contribution in [0.2, 0.25) is 5.02 Å². The number of amides is 1. The lowest BCUT2D eigenvalue weighted by molar-refractivity contribution is 0.0479. The molecule has 0 spiro atoms. The predicted octanol–water partition coefficient (Wildman–Crippen LogP) is 3.16. The lowest BCUT2D eigenvalue weighted by atomic mass is 10.0. The van der Waals surface area contributed by atoms with Crippen LogP contribution in [0.4, 0.5) is 0 Å². The summed E-state index contributed by atoms with van der Waals surface area (Å²) in [4.78, 5) is 17.4. The van der Waals surface area contributed by atoms with E-state index in [4.69, 9.17) is 11.6 Å². The van der Waals surface area contributed by atoms with Crippen LogP contribution in [-0.4, -0.2) is 51.5 Å². The predicted molar refractivity (Wildman–Crippen MR) is 89.3 cm³/mol. The molecule has 0 radical (unpaired) electrons. The first-order valence-electron chi connectivity index (χ1n) is 8.36. The van der Waals surface area contributed by atoms with Gasteiger partial charge in [0.1, 0.15) is 5.69 Å². The molecule has 5 heteroatoms. The van der Waals surface area contributed by atoms with E-state index in [0.717, 1.165) is 19.5 Å². The molecule has 1 amide bonds. The number of aryl methyl sites for hydroxylation is 1. The summed E-state index contributed by atoms with van der Waals surface area (Å²) in [6.07, 6.45) is 6.63. The SMILES string of the molecule is C[C@@H]1CC[C@@H](C)N1[C@@H]1CCCN(C(=O)c2cc(Cl)cn2C)C1. The molecule has 0 unspecified atom stereocenters. The van der Waals surface area contributed by atoms with Crippen molar-refractivity contribution in [1.82, 2.24) is 14.4 Å². The van der Waals surface area contributed by atoms with E-state index in [2.05, 4.69) is 18.7 Å². The molecular weight excluding hydrogens is 298 g/mol. The minimum absolute atomic E-state index is 0.110. The van der Waals surface area contributed by atoms with Crippen LogP contribution in [0, 0.1) is 0 Å².